The Morgan fingerprint density at radius 1 is 1.40 bits per heavy atom. The van der Waals surface area contributed by atoms with Crippen molar-refractivity contribution in [3.63, 3.8) is 0 Å². The second-order valence-electron chi connectivity index (χ2n) is 4.56. The molecule has 1 amide bonds. The summed E-state index contributed by atoms with van der Waals surface area (Å²) in [4.78, 5) is 21.2. The van der Waals surface area contributed by atoms with Gasteiger partial charge in [-0.1, -0.05) is 13.8 Å². The van der Waals surface area contributed by atoms with Gasteiger partial charge in [0.05, 0.1) is 16.6 Å². The number of halogens is 2. The Morgan fingerprint density at radius 2 is 2.00 bits per heavy atom. The van der Waals surface area contributed by atoms with Crippen molar-refractivity contribution in [1.82, 2.24) is 5.32 Å². The Bertz CT molecular complexity index is 534. The summed E-state index contributed by atoms with van der Waals surface area (Å²) in [6.45, 7) is 3.31. The number of carbonyl (C=O) groups is 1. The van der Waals surface area contributed by atoms with Crippen LogP contribution in [0, 0.1) is 27.7 Å². The van der Waals surface area contributed by atoms with E-state index in [1.807, 2.05) is 0 Å². The number of nitro groups is 1. The molecule has 0 saturated carbocycles. The van der Waals surface area contributed by atoms with Crippen molar-refractivity contribution >= 4 is 11.6 Å². The van der Waals surface area contributed by atoms with Crippen LogP contribution in [0.2, 0.25) is 0 Å². The fourth-order valence-electron chi connectivity index (χ4n) is 1.38. The van der Waals surface area contributed by atoms with E-state index in [1.54, 1.807) is 13.8 Å². The number of aliphatic hydroxyl groups is 1. The van der Waals surface area contributed by atoms with E-state index < -0.39 is 39.8 Å². The highest BCUT2D eigenvalue weighted by molar-refractivity contribution is 5.95. The zero-order valence-corrected chi connectivity index (χ0v) is 10.9. The highest BCUT2D eigenvalue weighted by Gasteiger charge is 2.22. The molecule has 20 heavy (non-hydrogen) atoms. The molecule has 1 rings (SSSR count). The van der Waals surface area contributed by atoms with Crippen LogP contribution < -0.4 is 5.32 Å². The van der Waals surface area contributed by atoms with Crippen LogP contribution in [-0.4, -0.2) is 28.6 Å². The van der Waals surface area contributed by atoms with Gasteiger partial charge in [0.1, 0.15) is 5.82 Å². The van der Waals surface area contributed by atoms with E-state index in [4.69, 9.17) is 0 Å². The van der Waals surface area contributed by atoms with Gasteiger partial charge < -0.3 is 10.4 Å². The molecule has 1 aromatic rings. The maximum absolute atomic E-state index is 13.4. The van der Waals surface area contributed by atoms with E-state index in [0.29, 0.717) is 6.07 Å². The smallest absolute Gasteiger partial charge is 0.305 e. The molecular formula is C12H14F2N2O4. The first-order chi connectivity index (χ1) is 9.23. The van der Waals surface area contributed by atoms with Gasteiger partial charge in [0.25, 0.3) is 5.91 Å². The largest absolute Gasteiger partial charge is 0.391 e. The number of benzene rings is 1. The van der Waals surface area contributed by atoms with Crippen LogP contribution in [0.25, 0.3) is 0 Å². The van der Waals surface area contributed by atoms with Gasteiger partial charge in [-0.25, -0.2) is 4.39 Å². The Hall–Kier alpha value is -2.09. The van der Waals surface area contributed by atoms with Gasteiger partial charge in [-0.3, -0.25) is 14.9 Å². The molecule has 0 saturated heterocycles. The number of hydrogen-bond donors (Lipinski definition) is 2. The van der Waals surface area contributed by atoms with Crippen molar-refractivity contribution < 1.29 is 23.6 Å². The third-order valence-corrected chi connectivity index (χ3v) is 2.72. The Labute approximate surface area is 113 Å². The summed E-state index contributed by atoms with van der Waals surface area (Å²) in [5.74, 6) is -3.64. The minimum Gasteiger partial charge on any atom is -0.391 e. The van der Waals surface area contributed by atoms with E-state index in [0.717, 1.165) is 0 Å². The van der Waals surface area contributed by atoms with E-state index in [1.165, 1.54) is 0 Å². The van der Waals surface area contributed by atoms with Crippen molar-refractivity contribution in [3.8, 4) is 0 Å². The molecule has 0 fully saturated rings. The lowest BCUT2D eigenvalue weighted by Crippen LogP contribution is -2.35. The van der Waals surface area contributed by atoms with Crippen molar-refractivity contribution in [2.45, 2.75) is 20.0 Å². The van der Waals surface area contributed by atoms with E-state index in [2.05, 4.69) is 5.32 Å². The maximum Gasteiger partial charge on any atom is 0.305 e. The standard InChI is InChI=1S/C12H14F2N2O4/c1-6(2)11(17)5-15-12(18)7-3-10(16(19)20)9(14)4-8(7)13/h3-4,6,11,17H,5H2,1-2H3,(H,15,18). The summed E-state index contributed by atoms with van der Waals surface area (Å²) in [7, 11) is 0. The second kappa shape index (κ2) is 6.38. The summed E-state index contributed by atoms with van der Waals surface area (Å²) in [6.07, 6.45) is -0.836. The number of rotatable bonds is 5. The monoisotopic (exact) mass is 288 g/mol. The molecule has 0 bridgehead atoms. The molecule has 0 aliphatic heterocycles. The molecule has 0 aliphatic rings. The second-order valence-corrected chi connectivity index (χ2v) is 4.56. The van der Waals surface area contributed by atoms with Crippen molar-refractivity contribution in [1.29, 1.82) is 0 Å². The number of nitrogens with zero attached hydrogens (tertiary/aromatic N) is 1. The van der Waals surface area contributed by atoms with Crippen LogP contribution in [0.3, 0.4) is 0 Å². The lowest BCUT2D eigenvalue weighted by atomic mass is 10.1. The van der Waals surface area contributed by atoms with Gasteiger partial charge in [-0.15, -0.1) is 0 Å². The third-order valence-electron chi connectivity index (χ3n) is 2.72. The first-order valence-corrected chi connectivity index (χ1v) is 5.83. The summed E-state index contributed by atoms with van der Waals surface area (Å²) < 4.78 is 26.6. The highest BCUT2D eigenvalue weighted by atomic mass is 19.1. The Balaban J connectivity index is 2.93. The van der Waals surface area contributed by atoms with Crippen molar-refractivity contribution in [3.05, 3.63) is 39.4 Å². The summed E-state index contributed by atoms with van der Waals surface area (Å²) in [5, 5.41) is 22.3. The Morgan fingerprint density at radius 3 is 2.50 bits per heavy atom. The molecule has 1 atom stereocenters. The first-order valence-electron chi connectivity index (χ1n) is 5.83. The van der Waals surface area contributed by atoms with Crippen molar-refractivity contribution in [2.75, 3.05) is 6.54 Å². The first kappa shape index (κ1) is 16.0. The molecule has 0 spiro atoms. The van der Waals surface area contributed by atoms with Crippen molar-refractivity contribution in [2.24, 2.45) is 5.92 Å². The number of hydrogen-bond acceptors (Lipinski definition) is 4. The minimum absolute atomic E-state index is 0.122. The van der Waals surface area contributed by atoms with Crippen LogP contribution in [0.5, 0.6) is 0 Å². The summed E-state index contributed by atoms with van der Waals surface area (Å²) >= 11 is 0. The number of amides is 1. The van der Waals surface area contributed by atoms with Gasteiger partial charge in [0, 0.05) is 18.7 Å². The molecule has 0 aromatic heterocycles. The molecule has 8 heteroatoms. The lowest BCUT2D eigenvalue weighted by Gasteiger charge is -2.15. The van der Waals surface area contributed by atoms with Gasteiger partial charge in [-0.05, 0) is 5.92 Å². The molecule has 2 N–H and O–H groups in total. The topological polar surface area (TPSA) is 92.5 Å². The molecule has 6 nitrogen and oxygen atoms in total. The number of nitrogens with one attached hydrogen (secondary N) is 1. The quantitative estimate of drug-likeness (QED) is 0.636. The summed E-state index contributed by atoms with van der Waals surface area (Å²) in [5.41, 5.74) is -1.63. The third kappa shape index (κ3) is 3.70. The maximum atomic E-state index is 13.4. The SMILES string of the molecule is CC(C)C(O)CNC(=O)c1cc([N+](=O)[O-])c(F)cc1F. The molecule has 1 unspecified atom stereocenters. The van der Waals surface area contributed by atoms with Gasteiger partial charge in [0.15, 0.2) is 0 Å². The molecular weight excluding hydrogens is 274 g/mol. The van der Waals surface area contributed by atoms with E-state index in [9.17, 15) is 28.8 Å². The van der Waals surface area contributed by atoms with Crippen LogP contribution in [0.4, 0.5) is 14.5 Å². The number of nitro benzene ring substituents is 1. The van der Waals surface area contributed by atoms with Crippen LogP contribution in [0.15, 0.2) is 12.1 Å². The number of aliphatic hydroxyl groups excluding tert-OH is 1. The van der Waals surface area contributed by atoms with Crippen LogP contribution in [0.1, 0.15) is 24.2 Å². The molecule has 0 aliphatic carbocycles. The lowest BCUT2D eigenvalue weighted by molar-refractivity contribution is -0.387. The molecule has 0 radical (unpaired) electrons. The van der Waals surface area contributed by atoms with Crippen LogP contribution >= 0.6 is 0 Å². The average Bonchev–Trinajstić information content (AvgIpc) is 2.34. The average molecular weight is 288 g/mol. The van der Waals surface area contributed by atoms with E-state index >= 15 is 0 Å². The Kier molecular flexibility index (Phi) is 5.09. The normalized spacial score (nSPS) is 12.3. The minimum atomic E-state index is -1.36. The summed E-state index contributed by atoms with van der Waals surface area (Å²) in [6, 6.07) is 0.813. The van der Waals surface area contributed by atoms with Crippen LogP contribution in [-0.2, 0) is 0 Å². The molecule has 1 aromatic carbocycles. The zero-order valence-electron chi connectivity index (χ0n) is 10.9. The fraction of sp³-hybridized carbons (Fsp3) is 0.417. The molecule has 0 heterocycles. The fourth-order valence-corrected chi connectivity index (χ4v) is 1.38. The predicted octanol–water partition coefficient (Wildman–Crippen LogP) is 1.62. The van der Waals surface area contributed by atoms with Gasteiger partial charge >= 0.3 is 5.69 Å². The van der Waals surface area contributed by atoms with E-state index in [-0.39, 0.29) is 18.5 Å². The number of carbonyl (C=O) groups excluding carboxylic acids is 1. The molecule has 110 valence electrons. The zero-order chi connectivity index (χ0) is 15.4. The van der Waals surface area contributed by atoms with Gasteiger partial charge in [-0.2, -0.15) is 4.39 Å². The van der Waals surface area contributed by atoms with Gasteiger partial charge in [0.2, 0.25) is 5.82 Å². The predicted molar refractivity (Wildman–Crippen MR) is 66.2 cm³/mol. The highest BCUT2D eigenvalue weighted by Crippen LogP contribution is 2.21.